The molecule has 1 amide bonds. The standard InChI is InChI=1S/C19H19ClN2O4S/c1-11(2)10-26-14-6-3-12(4-7-14)17(23)22-19(27)21-16-9-13(18(24)25)5-8-15(16)20/h3-9,11H,10H2,1-2H3,(H,24,25)(H2,21,22,23,27). The van der Waals surface area contributed by atoms with Crippen molar-refractivity contribution in [3.8, 4) is 5.75 Å². The first-order valence-electron chi connectivity index (χ1n) is 8.14. The summed E-state index contributed by atoms with van der Waals surface area (Å²) < 4.78 is 5.57. The predicted molar refractivity (Wildman–Crippen MR) is 109 cm³/mol. The molecule has 142 valence electrons. The Kier molecular flexibility index (Phi) is 7.15. The molecule has 0 aliphatic rings. The number of amides is 1. The molecular weight excluding hydrogens is 388 g/mol. The number of thiocarbonyl (C=S) groups is 1. The zero-order valence-corrected chi connectivity index (χ0v) is 16.4. The third kappa shape index (κ3) is 6.23. The van der Waals surface area contributed by atoms with Crippen LogP contribution >= 0.6 is 23.8 Å². The smallest absolute Gasteiger partial charge is 0.335 e. The second-order valence-corrected chi connectivity index (χ2v) is 6.95. The number of hydrogen-bond acceptors (Lipinski definition) is 4. The van der Waals surface area contributed by atoms with Crippen molar-refractivity contribution in [2.45, 2.75) is 13.8 Å². The lowest BCUT2D eigenvalue weighted by molar-refractivity contribution is 0.0696. The van der Waals surface area contributed by atoms with Gasteiger partial charge in [0.15, 0.2) is 5.11 Å². The van der Waals surface area contributed by atoms with Crippen LogP contribution in [0.3, 0.4) is 0 Å². The van der Waals surface area contributed by atoms with E-state index in [1.54, 1.807) is 24.3 Å². The van der Waals surface area contributed by atoms with E-state index in [4.69, 9.17) is 33.7 Å². The Bertz CT molecular complexity index is 853. The zero-order chi connectivity index (χ0) is 20.0. The van der Waals surface area contributed by atoms with Gasteiger partial charge in [0.25, 0.3) is 5.91 Å². The summed E-state index contributed by atoms with van der Waals surface area (Å²) in [6.07, 6.45) is 0. The molecule has 0 bridgehead atoms. The Hall–Kier alpha value is -2.64. The topological polar surface area (TPSA) is 87.7 Å². The molecule has 0 spiro atoms. The van der Waals surface area contributed by atoms with Gasteiger partial charge >= 0.3 is 5.97 Å². The van der Waals surface area contributed by atoms with E-state index in [9.17, 15) is 9.59 Å². The van der Waals surface area contributed by atoms with Crippen LogP contribution in [0.5, 0.6) is 5.75 Å². The lowest BCUT2D eigenvalue weighted by Crippen LogP contribution is -2.34. The fraction of sp³-hybridized carbons (Fsp3) is 0.211. The van der Waals surface area contributed by atoms with Crippen LogP contribution in [0, 0.1) is 5.92 Å². The lowest BCUT2D eigenvalue weighted by Gasteiger charge is -2.12. The summed E-state index contributed by atoms with van der Waals surface area (Å²) in [6, 6.07) is 10.8. The Morgan fingerprint density at radius 1 is 1.15 bits per heavy atom. The summed E-state index contributed by atoms with van der Waals surface area (Å²) in [7, 11) is 0. The van der Waals surface area contributed by atoms with Gasteiger partial charge in [0.05, 0.1) is 22.9 Å². The molecular formula is C19H19ClN2O4S. The first-order valence-corrected chi connectivity index (χ1v) is 8.93. The largest absolute Gasteiger partial charge is 0.493 e. The van der Waals surface area contributed by atoms with Crippen molar-refractivity contribution in [2.24, 2.45) is 5.92 Å². The number of carbonyl (C=O) groups is 2. The molecule has 0 radical (unpaired) electrons. The Labute approximate surface area is 167 Å². The summed E-state index contributed by atoms with van der Waals surface area (Å²) in [6.45, 7) is 4.69. The first-order chi connectivity index (χ1) is 12.8. The molecule has 8 heteroatoms. The summed E-state index contributed by atoms with van der Waals surface area (Å²) in [4.78, 5) is 23.3. The van der Waals surface area contributed by atoms with Crippen molar-refractivity contribution in [3.05, 3.63) is 58.6 Å². The minimum Gasteiger partial charge on any atom is -0.493 e. The highest BCUT2D eigenvalue weighted by atomic mass is 35.5. The Morgan fingerprint density at radius 2 is 1.78 bits per heavy atom. The Morgan fingerprint density at radius 3 is 2.37 bits per heavy atom. The van der Waals surface area contributed by atoms with Crippen LogP contribution in [0.2, 0.25) is 5.02 Å². The van der Waals surface area contributed by atoms with E-state index in [-0.39, 0.29) is 15.7 Å². The Balaban J connectivity index is 1.98. The van der Waals surface area contributed by atoms with E-state index < -0.39 is 11.9 Å². The first kappa shape index (κ1) is 20.7. The minimum absolute atomic E-state index is 0.00423. The van der Waals surface area contributed by atoms with E-state index in [1.807, 2.05) is 13.8 Å². The van der Waals surface area contributed by atoms with Crippen molar-refractivity contribution in [3.63, 3.8) is 0 Å². The van der Waals surface area contributed by atoms with Crippen LogP contribution < -0.4 is 15.4 Å². The molecule has 0 saturated heterocycles. The van der Waals surface area contributed by atoms with Gasteiger partial charge < -0.3 is 15.2 Å². The normalized spacial score (nSPS) is 10.4. The maximum Gasteiger partial charge on any atom is 0.335 e. The number of hydrogen-bond donors (Lipinski definition) is 3. The van der Waals surface area contributed by atoms with Gasteiger partial charge in [0.1, 0.15) is 5.75 Å². The van der Waals surface area contributed by atoms with Crippen molar-refractivity contribution < 1.29 is 19.4 Å². The molecule has 3 N–H and O–H groups in total. The number of benzene rings is 2. The molecule has 27 heavy (non-hydrogen) atoms. The molecule has 0 aromatic heterocycles. The molecule has 0 saturated carbocycles. The number of carbonyl (C=O) groups excluding carboxylic acids is 1. The number of nitrogens with one attached hydrogen (secondary N) is 2. The van der Waals surface area contributed by atoms with Gasteiger partial charge in [-0.25, -0.2) is 4.79 Å². The second kappa shape index (κ2) is 9.34. The summed E-state index contributed by atoms with van der Waals surface area (Å²) in [5.41, 5.74) is 0.744. The van der Waals surface area contributed by atoms with Gasteiger partial charge in [-0.1, -0.05) is 25.4 Å². The molecule has 0 aliphatic carbocycles. The lowest BCUT2D eigenvalue weighted by atomic mass is 10.2. The fourth-order valence-electron chi connectivity index (χ4n) is 2.05. The van der Waals surface area contributed by atoms with E-state index in [2.05, 4.69) is 10.6 Å². The highest BCUT2D eigenvalue weighted by molar-refractivity contribution is 7.80. The van der Waals surface area contributed by atoms with Crippen LogP contribution in [0.1, 0.15) is 34.6 Å². The molecule has 0 aliphatic heterocycles. The average molecular weight is 407 g/mol. The van der Waals surface area contributed by atoms with Crippen LogP contribution in [0.15, 0.2) is 42.5 Å². The monoisotopic (exact) mass is 406 g/mol. The summed E-state index contributed by atoms with van der Waals surface area (Å²) in [5, 5.41) is 14.6. The van der Waals surface area contributed by atoms with Crippen molar-refractivity contribution in [1.82, 2.24) is 5.32 Å². The highest BCUT2D eigenvalue weighted by Gasteiger charge is 2.12. The zero-order valence-electron chi connectivity index (χ0n) is 14.8. The predicted octanol–water partition coefficient (Wildman–Crippen LogP) is 4.20. The molecule has 0 unspecified atom stereocenters. The number of anilines is 1. The fourth-order valence-corrected chi connectivity index (χ4v) is 2.42. The van der Waals surface area contributed by atoms with Gasteiger partial charge in [0, 0.05) is 5.56 Å². The van der Waals surface area contributed by atoms with Gasteiger partial charge in [-0.2, -0.15) is 0 Å². The third-order valence-electron chi connectivity index (χ3n) is 3.39. The number of aromatic carboxylic acids is 1. The maximum atomic E-state index is 12.3. The molecule has 0 atom stereocenters. The van der Waals surface area contributed by atoms with Crippen LogP contribution in [-0.2, 0) is 0 Å². The highest BCUT2D eigenvalue weighted by Crippen LogP contribution is 2.23. The van der Waals surface area contributed by atoms with Gasteiger partial charge in [-0.3, -0.25) is 10.1 Å². The molecule has 0 heterocycles. The van der Waals surface area contributed by atoms with E-state index >= 15 is 0 Å². The number of ether oxygens (including phenoxy) is 1. The number of carboxylic acid groups (broad SMARTS) is 1. The van der Waals surface area contributed by atoms with Crippen molar-refractivity contribution in [1.29, 1.82) is 0 Å². The minimum atomic E-state index is -1.09. The van der Waals surface area contributed by atoms with Crippen LogP contribution in [0.4, 0.5) is 5.69 Å². The molecule has 6 nitrogen and oxygen atoms in total. The molecule has 0 fully saturated rings. The maximum absolute atomic E-state index is 12.3. The average Bonchev–Trinajstić information content (AvgIpc) is 2.61. The summed E-state index contributed by atoms with van der Waals surface area (Å²) in [5.74, 6) is -0.418. The third-order valence-corrected chi connectivity index (χ3v) is 3.92. The van der Waals surface area contributed by atoms with Crippen LogP contribution in [-0.4, -0.2) is 28.7 Å². The molecule has 2 rings (SSSR count). The van der Waals surface area contributed by atoms with E-state index in [0.717, 1.165) is 0 Å². The number of halogens is 1. The van der Waals surface area contributed by atoms with Crippen molar-refractivity contribution >= 4 is 46.5 Å². The van der Waals surface area contributed by atoms with Crippen molar-refractivity contribution in [2.75, 3.05) is 11.9 Å². The summed E-state index contributed by atoms with van der Waals surface area (Å²) >= 11 is 11.1. The molecule has 2 aromatic rings. The number of rotatable bonds is 6. The SMILES string of the molecule is CC(C)COc1ccc(C(=O)NC(=S)Nc2cc(C(=O)O)ccc2Cl)cc1. The molecule has 2 aromatic carbocycles. The van der Waals surface area contributed by atoms with Gasteiger partial charge in [-0.15, -0.1) is 0 Å². The second-order valence-electron chi connectivity index (χ2n) is 6.14. The van der Waals surface area contributed by atoms with E-state index in [1.165, 1.54) is 18.2 Å². The van der Waals surface area contributed by atoms with Gasteiger partial charge in [0.2, 0.25) is 0 Å². The number of carboxylic acids is 1. The van der Waals surface area contributed by atoms with Gasteiger partial charge in [-0.05, 0) is 60.6 Å². The van der Waals surface area contributed by atoms with E-state index in [0.29, 0.717) is 29.5 Å². The quantitative estimate of drug-likeness (QED) is 0.623. The van der Waals surface area contributed by atoms with Crippen LogP contribution in [0.25, 0.3) is 0 Å².